The zero-order chi connectivity index (χ0) is 10.6. The minimum Gasteiger partial charge on any atom is -0.314 e. The Morgan fingerprint density at radius 3 is 2.64 bits per heavy atom. The van der Waals surface area contributed by atoms with Crippen molar-refractivity contribution in [2.45, 2.75) is 38.6 Å². The number of nitrogens with one attached hydrogen (secondary N) is 1. The Hall–Kier alpha value is -0.0900. The van der Waals surface area contributed by atoms with E-state index in [0.29, 0.717) is 17.7 Å². The van der Waals surface area contributed by atoms with Gasteiger partial charge < -0.3 is 5.32 Å². The van der Waals surface area contributed by atoms with Gasteiger partial charge in [-0.15, -0.1) is 0 Å². The standard InChI is InChI=1S/C10H21NO2S/c1-3-11-10-6-4-5-9(10)7-8-14(2,12)13/h9-11H,3-8H2,1-2H3. The Labute approximate surface area is 87.2 Å². The summed E-state index contributed by atoms with van der Waals surface area (Å²) < 4.78 is 22.1. The Morgan fingerprint density at radius 1 is 1.36 bits per heavy atom. The molecule has 4 heteroatoms. The summed E-state index contributed by atoms with van der Waals surface area (Å²) in [5.74, 6) is 0.921. The molecule has 1 aliphatic carbocycles. The van der Waals surface area contributed by atoms with E-state index in [0.717, 1.165) is 13.0 Å². The van der Waals surface area contributed by atoms with Crippen molar-refractivity contribution in [1.82, 2.24) is 5.32 Å². The van der Waals surface area contributed by atoms with E-state index >= 15 is 0 Å². The molecule has 1 fully saturated rings. The Balaban J connectivity index is 2.36. The summed E-state index contributed by atoms with van der Waals surface area (Å²) >= 11 is 0. The van der Waals surface area contributed by atoms with Gasteiger partial charge in [-0.2, -0.15) is 0 Å². The summed E-state index contributed by atoms with van der Waals surface area (Å²) in [5.41, 5.74) is 0. The van der Waals surface area contributed by atoms with Gasteiger partial charge in [-0.05, 0) is 31.7 Å². The van der Waals surface area contributed by atoms with Gasteiger partial charge >= 0.3 is 0 Å². The second-order valence-corrected chi connectivity index (χ2v) is 6.53. The average molecular weight is 219 g/mol. The van der Waals surface area contributed by atoms with Crippen LogP contribution in [0.5, 0.6) is 0 Å². The third-order valence-electron chi connectivity index (χ3n) is 2.98. The Bertz CT molecular complexity index is 261. The maximum Gasteiger partial charge on any atom is 0.147 e. The largest absolute Gasteiger partial charge is 0.314 e. The minimum absolute atomic E-state index is 0.347. The SMILES string of the molecule is CCNC1CCCC1CCS(C)(=O)=O. The van der Waals surface area contributed by atoms with Crippen LogP contribution in [0.3, 0.4) is 0 Å². The zero-order valence-electron chi connectivity index (χ0n) is 9.12. The second kappa shape index (κ2) is 5.12. The normalized spacial score (nSPS) is 28.1. The Morgan fingerprint density at radius 2 is 2.07 bits per heavy atom. The summed E-state index contributed by atoms with van der Waals surface area (Å²) in [6, 6.07) is 0.557. The number of hydrogen-bond acceptors (Lipinski definition) is 3. The lowest BCUT2D eigenvalue weighted by Crippen LogP contribution is -2.32. The van der Waals surface area contributed by atoms with Crippen LogP contribution in [-0.4, -0.2) is 33.0 Å². The van der Waals surface area contributed by atoms with E-state index in [1.54, 1.807) is 0 Å². The molecule has 0 bridgehead atoms. The lowest BCUT2D eigenvalue weighted by Gasteiger charge is -2.19. The van der Waals surface area contributed by atoms with E-state index in [2.05, 4.69) is 12.2 Å². The molecule has 1 aliphatic rings. The van der Waals surface area contributed by atoms with Crippen LogP contribution in [-0.2, 0) is 9.84 Å². The van der Waals surface area contributed by atoms with Gasteiger partial charge in [0.2, 0.25) is 0 Å². The molecule has 0 heterocycles. The summed E-state index contributed by atoms with van der Waals surface area (Å²) in [4.78, 5) is 0. The molecular weight excluding hydrogens is 198 g/mol. The highest BCUT2D eigenvalue weighted by Gasteiger charge is 2.26. The predicted octanol–water partition coefficient (Wildman–Crippen LogP) is 1.20. The van der Waals surface area contributed by atoms with Crippen molar-refractivity contribution in [1.29, 1.82) is 0 Å². The number of hydrogen-bond donors (Lipinski definition) is 1. The molecule has 0 aliphatic heterocycles. The smallest absolute Gasteiger partial charge is 0.147 e. The van der Waals surface area contributed by atoms with E-state index in [1.807, 2.05) is 0 Å². The quantitative estimate of drug-likeness (QED) is 0.756. The van der Waals surface area contributed by atoms with Crippen molar-refractivity contribution < 1.29 is 8.42 Å². The van der Waals surface area contributed by atoms with Gasteiger partial charge in [-0.1, -0.05) is 13.3 Å². The molecule has 1 rings (SSSR count). The van der Waals surface area contributed by atoms with Crippen molar-refractivity contribution in [3.63, 3.8) is 0 Å². The maximum atomic E-state index is 11.0. The van der Waals surface area contributed by atoms with Crippen LogP contribution >= 0.6 is 0 Å². The van der Waals surface area contributed by atoms with Crippen molar-refractivity contribution in [2.24, 2.45) is 5.92 Å². The van der Waals surface area contributed by atoms with Crippen LogP contribution < -0.4 is 5.32 Å². The first-order valence-corrected chi connectivity index (χ1v) is 7.50. The predicted molar refractivity (Wildman–Crippen MR) is 59.1 cm³/mol. The van der Waals surface area contributed by atoms with Gasteiger partial charge in [0.25, 0.3) is 0 Å². The molecule has 14 heavy (non-hydrogen) atoms. The molecule has 2 atom stereocenters. The van der Waals surface area contributed by atoms with Crippen LogP contribution in [0.2, 0.25) is 0 Å². The highest BCUT2D eigenvalue weighted by Crippen LogP contribution is 2.28. The van der Waals surface area contributed by atoms with E-state index in [-0.39, 0.29) is 0 Å². The van der Waals surface area contributed by atoms with Gasteiger partial charge in [-0.3, -0.25) is 0 Å². The molecule has 0 radical (unpaired) electrons. The van der Waals surface area contributed by atoms with Crippen molar-refractivity contribution >= 4 is 9.84 Å². The van der Waals surface area contributed by atoms with E-state index in [1.165, 1.54) is 25.5 Å². The topological polar surface area (TPSA) is 46.2 Å². The third-order valence-corrected chi connectivity index (χ3v) is 3.96. The first-order chi connectivity index (χ1) is 6.53. The molecule has 0 spiro atoms. The highest BCUT2D eigenvalue weighted by molar-refractivity contribution is 7.90. The fraction of sp³-hybridized carbons (Fsp3) is 1.00. The van der Waals surface area contributed by atoms with E-state index in [9.17, 15) is 8.42 Å². The summed E-state index contributed by atoms with van der Waals surface area (Å²) in [5, 5.41) is 3.44. The maximum absolute atomic E-state index is 11.0. The first-order valence-electron chi connectivity index (χ1n) is 5.44. The zero-order valence-corrected chi connectivity index (χ0v) is 9.94. The lowest BCUT2D eigenvalue weighted by atomic mass is 10.0. The molecule has 3 nitrogen and oxygen atoms in total. The molecular formula is C10H21NO2S. The molecule has 1 N–H and O–H groups in total. The summed E-state index contributed by atoms with van der Waals surface area (Å²) in [6.45, 7) is 3.09. The molecule has 84 valence electrons. The molecule has 2 unspecified atom stereocenters. The summed E-state index contributed by atoms with van der Waals surface area (Å²) in [7, 11) is -2.78. The molecule has 0 aromatic rings. The second-order valence-electron chi connectivity index (χ2n) is 4.27. The lowest BCUT2D eigenvalue weighted by molar-refractivity contribution is 0.398. The van der Waals surface area contributed by atoms with Gasteiger partial charge in [0, 0.05) is 12.3 Å². The molecule has 0 aromatic carbocycles. The van der Waals surface area contributed by atoms with E-state index in [4.69, 9.17) is 0 Å². The van der Waals surface area contributed by atoms with Crippen LogP contribution in [0.1, 0.15) is 32.6 Å². The molecule has 0 amide bonds. The van der Waals surface area contributed by atoms with Crippen LogP contribution in [0.25, 0.3) is 0 Å². The van der Waals surface area contributed by atoms with Gasteiger partial charge in [0.15, 0.2) is 0 Å². The van der Waals surface area contributed by atoms with Crippen LogP contribution in [0.4, 0.5) is 0 Å². The van der Waals surface area contributed by atoms with Crippen molar-refractivity contribution in [2.75, 3.05) is 18.6 Å². The monoisotopic (exact) mass is 219 g/mol. The minimum atomic E-state index is -2.78. The third kappa shape index (κ3) is 3.96. The molecule has 0 aromatic heterocycles. The Kier molecular flexibility index (Phi) is 4.38. The molecule has 0 saturated heterocycles. The van der Waals surface area contributed by atoms with Crippen molar-refractivity contribution in [3.05, 3.63) is 0 Å². The van der Waals surface area contributed by atoms with Crippen LogP contribution in [0, 0.1) is 5.92 Å². The van der Waals surface area contributed by atoms with Crippen LogP contribution in [0.15, 0.2) is 0 Å². The van der Waals surface area contributed by atoms with E-state index < -0.39 is 9.84 Å². The van der Waals surface area contributed by atoms with Gasteiger partial charge in [-0.25, -0.2) is 8.42 Å². The van der Waals surface area contributed by atoms with Crippen molar-refractivity contribution in [3.8, 4) is 0 Å². The fourth-order valence-electron chi connectivity index (χ4n) is 2.28. The van der Waals surface area contributed by atoms with Gasteiger partial charge in [0.05, 0.1) is 5.75 Å². The number of sulfone groups is 1. The summed E-state index contributed by atoms with van der Waals surface area (Å²) in [6.07, 6.45) is 5.79. The highest BCUT2D eigenvalue weighted by atomic mass is 32.2. The molecule has 1 saturated carbocycles. The van der Waals surface area contributed by atoms with Gasteiger partial charge in [0.1, 0.15) is 9.84 Å². The average Bonchev–Trinajstić information content (AvgIpc) is 2.48. The first kappa shape index (κ1) is 12.0. The number of rotatable bonds is 5. The fourth-order valence-corrected chi connectivity index (χ4v) is 3.01.